The quantitative estimate of drug-likeness (QED) is 0.419. The van der Waals surface area contributed by atoms with Gasteiger partial charge in [-0.25, -0.2) is 4.57 Å². The Morgan fingerprint density at radius 3 is 2.00 bits per heavy atom. The second-order valence-electron chi connectivity index (χ2n) is 6.71. The molecule has 2 aromatic rings. The Hall–Kier alpha value is -1.63. The summed E-state index contributed by atoms with van der Waals surface area (Å²) in [4.78, 5) is 0. The number of pyridine rings is 1. The van der Waals surface area contributed by atoms with Gasteiger partial charge in [-0.1, -0.05) is 63.3 Å². The third kappa shape index (κ3) is 6.99. The van der Waals surface area contributed by atoms with Gasteiger partial charge in [0, 0.05) is 11.6 Å². The Morgan fingerprint density at radius 1 is 0.696 bits per heavy atom. The number of aryl methyl sites for hydroxylation is 4. The van der Waals surface area contributed by atoms with Gasteiger partial charge in [-0.2, -0.15) is 0 Å². The molecule has 0 amide bonds. The molecule has 0 N–H and O–H groups in total. The second-order valence-corrected chi connectivity index (χ2v) is 6.71. The third-order valence-corrected chi connectivity index (χ3v) is 4.55. The van der Waals surface area contributed by atoms with Crippen molar-refractivity contribution in [1.29, 1.82) is 0 Å². The zero-order valence-corrected chi connectivity index (χ0v) is 14.9. The van der Waals surface area contributed by atoms with E-state index in [1.165, 1.54) is 61.6 Å². The highest BCUT2D eigenvalue weighted by molar-refractivity contribution is 5.23. The van der Waals surface area contributed by atoms with Crippen LogP contribution in [0.3, 0.4) is 0 Å². The van der Waals surface area contributed by atoms with Gasteiger partial charge in [0.15, 0.2) is 12.4 Å². The zero-order valence-electron chi connectivity index (χ0n) is 14.9. The van der Waals surface area contributed by atoms with Crippen LogP contribution in [-0.4, -0.2) is 0 Å². The molecule has 1 heteroatoms. The maximum absolute atomic E-state index is 2.33. The SMILES string of the molecule is CCCCCCCCc1ccc(CCc2ccc[n+](C)c2)cc1. The molecule has 0 fully saturated rings. The molecular weight excluding hydrogens is 278 g/mol. The van der Waals surface area contributed by atoms with Crippen molar-refractivity contribution in [3.63, 3.8) is 0 Å². The Bertz CT molecular complexity index is 556. The van der Waals surface area contributed by atoms with Gasteiger partial charge in [0.05, 0.1) is 0 Å². The second kappa shape index (κ2) is 10.2. The number of hydrogen-bond acceptors (Lipinski definition) is 0. The maximum Gasteiger partial charge on any atom is 0.171 e. The van der Waals surface area contributed by atoms with E-state index in [1.807, 2.05) is 0 Å². The first-order chi connectivity index (χ1) is 11.3. The van der Waals surface area contributed by atoms with Crippen LogP contribution in [0, 0.1) is 0 Å². The standard InChI is InChI=1S/C22H32N/c1-3-4-5-6-7-8-10-20-12-14-21(15-13-20)16-17-22-11-9-18-23(2)19-22/h9,11-15,18-19H,3-8,10,16-17H2,1-2H3/q+1. The van der Waals surface area contributed by atoms with Crippen molar-refractivity contribution in [1.82, 2.24) is 0 Å². The fourth-order valence-electron chi connectivity index (χ4n) is 3.07. The van der Waals surface area contributed by atoms with E-state index in [-0.39, 0.29) is 0 Å². The molecule has 2 rings (SSSR count). The molecule has 0 atom stereocenters. The smallest absolute Gasteiger partial charge is 0.171 e. The van der Waals surface area contributed by atoms with Crippen LogP contribution in [0.15, 0.2) is 48.8 Å². The molecule has 1 aromatic carbocycles. The fourth-order valence-corrected chi connectivity index (χ4v) is 3.07. The average molecular weight is 311 g/mol. The van der Waals surface area contributed by atoms with Gasteiger partial charge in [-0.15, -0.1) is 0 Å². The number of hydrogen-bond donors (Lipinski definition) is 0. The summed E-state index contributed by atoms with van der Waals surface area (Å²) in [5, 5.41) is 0. The molecule has 0 aliphatic heterocycles. The largest absolute Gasteiger partial charge is 0.208 e. The molecule has 124 valence electrons. The van der Waals surface area contributed by atoms with E-state index in [4.69, 9.17) is 0 Å². The molecule has 1 aromatic heterocycles. The number of benzene rings is 1. The summed E-state index contributed by atoms with van der Waals surface area (Å²) in [6.07, 6.45) is 16.0. The highest BCUT2D eigenvalue weighted by Crippen LogP contribution is 2.12. The van der Waals surface area contributed by atoms with E-state index in [0.29, 0.717) is 0 Å². The van der Waals surface area contributed by atoms with Crippen molar-refractivity contribution in [2.75, 3.05) is 0 Å². The lowest BCUT2D eigenvalue weighted by atomic mass is 10.0. The van der Waals surface area contributed by atoms with Gasteiger partial charge in [0.25, 0.3) is 0 Å². The predicted molar refractivity (Wildman–Crippen MR) is 98.5 cm³/mol. The first-order valence-corrected chi connectivity index (χ1v) is 9.30. The zero-order chi connectivity index (χ0) is 16.3. The molecule has 1 nitrogen and oxygen atoms in total. The summed E-state index contributed by atoms with van der Waals surface area (Å²) >= 11 is 0. The van der Waals surface area contributed by atoms with Crippen molar-refractivity contribution in [3.8, 4) is 0 Å². The molecule has 0 saturated heterocycles. The minimum absolute atomic E-state index is 1.12. The maximum atomic E-state index is 2.33. The minimum Gasteiger partial charge on any atom is -0.208 e. The van der Waals surface area contributed by atoms with Crippen LogP contribution in [0.1, 0.15) is 62.1 Å². The molecule has 0 radical (unpaired) electrons. The molecule has 0 aliphatic carbocycles. The van der Waals surface area contributed by atoms with Gasteiger partial charge in [0.1, 0.15) is 7.05 Å². The Balaban J connectivity index is 1.70. The van der Waals surface area contributed by atoms with Gasteiger partial charge >= 0.3 is 0 Å². The summed E-state index contributed by atoms with van der Waals surface area (Å²) in [5.41, 5.74) is 4.35. The highest BCUT2D eigenvalue weighted by Gasteiger charge is 2.00. The van der Waals surface area contributed by atoms with Gasteiger partial charge in [-0.3, -0.25) is 0 Å². The summed E-state index contributed by atoms with van der Waals surface area (Å²) in [6, 6.07) is 13.6. The number of nitrogens with zero attached hydrogens (tertiary/aromatic N) is 1. The highest BCUT2D eigenvalue weighted by atomic mass is 14.9. The average Bonchev–Trinajstić information content (AvgIpc) is 2.57. The van der Waals surface area contributed by atoms with Crippen LogP contribution < -0.4 is 4.57 Å². The van der Waals surface area contributed by atoms with Crippen molar-refractivity contribution < 1.29 is 4.57 Å². The fraction of sp³-hybridized carbons (Fsp3) is 0.500. The lowest BCUT2D eigenvalue weighted by Gasteiger charge is -2.05. The van der Waals surface area contributed by atoms with Gasteiger partial charge in [0.2, 0.25) is 0 Å². The summed E-state index contributed by atoms with van der Waals surface area (Å²) in [7, 11) is 2.08. The van der Waals surface area contributed by atoms with Crippen LogP contribution in [0.25, 0.3) is 0 Å². The van der Waals surface area contributed by atoms with Crippen LogP contribution in [0.2, 0.25) is 0 Å². The Labute approximate surface area is 142 Å². The van der Waals surface area contributed by atoms with E-state index < -0.39 is 0 Å². The molecule has 0 aliphatic rings. The van der Waals surface area contributed by atoms with E-state index >= 15 is 0 Å². The number of aromatic nitrogens is 1. The van der Waals surface area contributed by atoms with Crippen LogP contribution >= 0.6 is 0 Å². The summed E-state index contributed by atoms with van der Waals surface area (Å²) in [6.45, 7) is 2.28. The monoisotopic (exact) mass is 310 g/mol. The summed E-state index contributed by atoms with van der Waals surface area (Å²) in [5.74, 6) is 0. The molecule has 0 bridgehead atoms. The molecule has 0 unspecified atom stereocenters. The first kappa shape index (κ1) is 17.7. The van der Waals surface area contributed by atoms with Crippen LogP contribution in [0.5, 0.6) is 0 Å². The lowest BCUT2D eigenvalue weighted by Crippen LogP contribution is -2.26. The molecular formula is C22H32N+. The van der Waals surface area contributed by atoms with Crippen LogP contribution in [0.4, 0.5) is 0 Å². The van der Waals surface area contributed by atoms with E-state index in [2.05, 4.69) is 67.3 Å². The van der Waals surface area contributed by atoms with Gasteiger partial charge < -0.3 is 0 Å². The predicted octanol–water partition coefficient (Wildman–Crippen LogP) is 5.20. The topological polar surface area (TPSA) is 3.88 Å². The number of rotatable bonds is 10. The van der Waals surface area contributed by atoms with Crippen LogP contribution in [-0.2, 0) is 26.3 Å². The molecule has 0 spiro atoms. The Kier molecular flexibility index (Phi) is 7.86. The normalized spacial score (nSPS) is 10.9. The van der Waals surface area contributed by atoms with E-state index in [1.54, 1.807) is 0 Å². The first-order valence-electron chi connectivity index (χ1n) is 9.30. The summed E-state index contributed by atoms with van der Waals surface area (Å²) < 4.78 is 2.12. The van der Waals surface area contributed by atoms with Crippen molar-refractivity contribution >= 4 is 0 Å². The van der Waals surface area contributed by atoms with Crippen molar-refractivity contribution in [3.05, 3.63) is 65.5 Å². The van der Waals surface area contributed by atoms with Crippen molar-refractivity contribution in [2.24, 2.45) is 7.05 Å². The molecule has 1 heterocycles. The van der Waals surface area contributed by atoms with E-state index in [9.17, 15) is 0 Å². The lowest BCUT2D eigenvalue weighted by molar-refractivity contribution is -0.671. The van der Waals surface area contributed by atoms with E-state index in [0.717, 1.165) is 12.8 Å². The third-order valence-electron chi connectivity index (χ3n) is 4.55. The minimum atomic E-state index is 1.12. The van der Waals surface area contributed by atoms with Gasteiger partial charge in [-0.05, 0) is 42.9 Å². The molecule has 0 saturated carbocycles. The number of unbranched alkanes of at least 4 members (excludes halogenated alkanes) is 5. The molecule has 23 heavy (non-hydrogen) atoms. The van der Waals surface area contributed by atoms with Crippen molar-refractivity contribution in [2.45, 2.75) is 64.7 Å². The Morgan fingerprint density at radius 2 is 1.30 bits per heavy atom.